The fraction of sp³-hybridized carbons (Fsp3) is 0.308. The third kappa shape index (κ3) is 4.12. The largest absolute Gasteiger partial charge is 0.368 e. The predicted octanol–water partition coefficient (Wildman–Crippen LogP) is 5.03. The second-order valence-corrected chi connectivity index (χ2v) is 9.09. The summed E-state index contributed by atoms with van der Waals surface area (Å²) in [5, 5.41) is 22.5. The molecule has 3 heterocycles. The van der Waals surface area contributed by atoms with Crippen LogP contribution in [0.1, 0.15) is 60.8 Å². The highest BCUT2D eigenvalue weighted by atomic mass is 16.3. The Morgan fingerprint density at radius 3 is 2.64 bits per heavy atom. The average molecular weight is 439 g/mol. The van der Waals surface area contributed by atoms with Gasteiger partial charge in [-0.3, -0.25) is 9.97 Å². The van der Waals surface area contributed by atoms with E-state index in [4.69, 9.17) is 0 Å². The fourth-order valence-electron chi connectivity index (χ4n) is 4.23. The zero-order valence-electron chi connectivity index (χ0n) is 18.5. The molecule has 0 saturated heterocycles. The van der Waals surface area contributed by atoms with Crippen LogP contribution in [0.4, 0.5) is 5.69 Å². The molecule has 166 valence electrons. The van der Waals surface area contributed by atoms with Crippen molar-refractivity contribution in [3.8, 4) is 22.5 Å². The van der Waals surface area contributed by atoms with Crippen molar-refractivity contribution < 1.29 is 5.11 Å². The first-order valence-electron chi connectivity index (χ1n) is 11.5. The summed E-state index contributed by atoms with van der Waals surface area (Å²) >= 11 is 0. The lowest BCUT2D eigenvalue weighted by atomic mass is 10.0. The number of nitrogens with zero attached hydrogens (tertiary/aromatic N) is 5. The molecule has 0 aliphatic heterocycles. The first-order valence-corrected chi connectivity index (χ1v) is 11.5. The van der Waals surface area contributed by atoms with Gasteiger partial charge in [0.2, 0.25) is 0 Å². The summed E-state index contributed by atoms with van der Waals surface area (Å²) in [5.74, 6) is 1.49. The van der Waals surface area contributed by atoms with E-state index in [0.29, 0.717) is 17.7 Å². The van der Waals surface area contributed by atoms with Gasteiger partial charge in [-0.15, -0.1) is 10.2 Å². The highest BCUT2D eigenvalue weighted by Crippen LogP contribution is 2.40. The Labute approximate surface area is 192 Å². The third-order valence-electron chi connectivity index (χ3n) is 6.43. The Bertz CT molecular complexity index is 1290. The Kier molecular flexibility index (Phi) is 4.91. The SMILES string of the molecule is Cc1cnc(C(O)Nc2cccc(-c3nncn3C3CC3)c2)cc1-c1ccc(C2CC2)nc1. The van der Waals surface area contributed by atoms with Crippen molar-refractivity contribution in [2.45, 2.75) is 50.8 Å². The molecule has 2 fully saturated rings. The molecule has 2 aliphatic carbocycles. The molecule has 2 aliphatic rings. The van der Waals surface area contributed by atoms with Gasteiger partial charge in [-0.25, -0.2) is 0 Å². The van der Waals surface area contributed by atoms with E-state index in [1.165, 1.54) is 31.4 Å². The summed E-state index contributed by atoms with van der Waals surface area (Å²) in [6, 6.07) is 14.6. The minimum Gasteiger partial charge on any atom is -0.368 e. The second kappa shape index (κ2) is 8.08. The highest BCUT2D eigenvalue weighted by molar-refractivity contribution is 5.67. The van der Waals surface area contributed by atoms with Gasteiger partial charge in [0.25, 0.3) is 0 Å². The summed E-state index contributed by atoms with van der Waals surface area (Å²) in [6.45, 7) is 2.03. The van der Waals surface area contributed by atoms with E-state index in [-0.39, 0.29) is 0 Å². The predicted molar refractivity (Wildman–Crippen MR) is 126 cm³/mol. The number of pyridine rings is 2. The van der Waals surface area contributed by atoms with Crippen LogP contribution < -0.4 is 5.32 Å². The second-order valence-electron chi connectivity index (χ2n) is 9.09. The van der Waals surface area contributed by atoms with E-state index >= 15 is 0 Å². The summed E-state index contributed by atoms with van der Waals surface area (Å²) < 4.78 is 2.13. The summed E-state index contributed by atoms with van der Waals surface area (Å²) in [6.07, 6.45) is 9.40. The van der Waals surface area contributed by atoms with E-state index in [1.807, 2.05) is 43.5 Å². The average Bonchev–Trinajstić information content (AvgIpc) is 3.78. The van der Waals surface area contributed by atoms with Gasteiger partial charge < -0.3 is 15.0 Å². The van der Waals surface area contributed by atoms with Crippen molar-refractivity contribution in [2.75, 3.05) is 5.32 Å². The van der Waals surface area contributed by atoms with E-state index < -0.39 is 6.23 Å². The van der Waals surface area contributed by atoms with Crippen LogP contribution in [0.25, 0.3) is 22.5 Å². The van der Waals surface area contributed by atoms with Crippen LogP contribution >= 0.6 is 0 Å². The lowest BCUT2D eigenvalue weighted by Gasteiger charge is -2.16. The monoisotopic (exact) mass is 438 g/mol. The van der Waals surface area contributed by atoms with E-state index in [0.717, 1.165) is 33.8 Å². The lowest BCUT2D eigenvalue weighted by molar-refractivity contribution is 0.203. The van der Waals surface area contributed by atoms with Crippen molar-refractivity contribution in [3.05, 3.63) is 78.1 Å². The van der Waals surface area contributed by atoms with Gasteiger partial charge in [-0.1, -0.05) is 18.2 Å². The van der Waals surface area contributed by atoms with Crippen molar-refractivity contribution >= 4 is 5.69 Å². The van der Waals surface area contributed by atoms with Crippen LogP contribution in [0.15, 0.2) is 61.2 Å². The smallest absolute Gasteiger partial charge is 0.168 e. The van der Waals surface area contributed by atoms with Gasteiger partial charge in [0.05, 0.1) is 5.69 Å². The molecule has 4 aromatic rings. The number of aliphatic hydroxyl groups excluding tert-OH is 1. The standard InChI is InChI=1S/C26H26N6O/c1-16-13-27-24(12-22(16)19-7-10-23(28-14-19)17-5-6-17)26(33)30-20-4-2-3-18(11-20)25-31-29-15-32(25)21-8-9-21/h2-4,7,10-15,17,21,26,30,33H,5-6,8-9H2,1H3. The molecule has 0 amide bonds. The number of benzene rings is 1. The number of aliphatic hydroxyl groups is 1. The number of anilines is 1. The zero-order valence-corrected chi connectivity index (χ0v) is 18.5. The van der Waals surface area contributed by atoms with Crippen molar-refractivity contribution in [3.63, 3.8) is 0 Å². The van der Waals surface area contributed by atoms with Gasteiger partial charge in [-0.2, -0.15) is 0 Å². The molecule has 3 aromatic heterocycles. The van der Waals surface area contributed by atoms with E-state index in [1.54, 1.807) is 12.5 Å². The maximum atomic E-state index is 10.9. The van der Waals surface area contributed by atoms with Crippen LogP contribution in [-0.4, -0.2) is 29.8 Å². The molecular weight excluding hydrogens is 412 g/mol. The van der Waals surface area contributed by atoms with Crippen molar-refractivity contribution in [1.29, 1.82) is 0 Å². The Morgan fingerprint density at radius 1 is 1.00 bits per heavy atom. The Hall–Kier alpha value is -3.58. The molecule has 0 spiro atoms. The first kappa shape index (κ1) is 20.1. The van der Waals surface area contributed by atoms with Crippen LogP contribution in [0.5, 0.6) is 0 Å². The summed E-state index contributed by atoms with van der Waals surface area (Å²) in [4.78, 5) is 9.12. The maximum Gasteiger partial charge on any atom is 0.168 e. The lowest BCUT2D eigenvalue weighted by Crippen LogP contribution is -2.12. The molecule has 0 radical (unpaired) electrons. The quantitative estimate of drug-likeness (QED) is 0.394. The molecular formula is C26H26N6O. The van der Waals surface area contributed by atoms with Crippen molar-refractivity contribution in [1.82, 2.24) is 24.7 Å². The normalized spacial score (nSPS) is 16.5. The molecule has 2 N–H and O–H groups in total. The van der Waals surface area contributed by atoms with Crippen molar-refractivity contribution in [2.24, 2.45) is 0 Å². The molecule has 7 nitrogen and oxygen atoms in total. The maximum absolute atomic E-state index is 10.9. The third-order valence-corrected chi connectivity index (χ3v) is 6.43. The first-order chi connectivity index (χ1) is 16.2. The highest BCUT2D eigenvalue weighted by Gasteiger charge is 2.27. The Morgan fingerprint density at radius 2 is 1.88 bits per heavy atom. The van der Waals surface area contributed by atoms with Crippen LogP contribution in [0, 0.1) is 6.92 Å². The summed E-state index contributed by atoms with van der Waals surface area (Å²) in [5.41, 5.74) is 6.61. The molecule has 1 atom stereocenters. The van der Waals surface area contributed by atoms with Crippen LogP contribution in [-0.2, 0) is 0 Å². The van der Waals surface area contributed by atoms with Gasteiger partial charge >= 0.3 is 0 Å². The van der Waals surface area contributed by atoms with Crippen LogP contribution in [0.2, 0.25) is 0 Å². The Balaban J connectivity index is 1.23. The van der Waals surface area contributed by atoms with Gasteiger partial charge in [0.15, 0.2) is 12.1 Å². The van der Waals surface area contributed by atoms with E-state index in [2.05, 4.69) is 42.2 Å². The molecule has 2 saturated carbocycles. The minimum atomic E-state index is -0.945. The molecule has 1 aromatic carbocycles. The van der Waals surface area contributed by atoms with Gasteiger partial charge in [-0.05, 0) is 68.0 Å². The molecule has 1 unspecified atom stereocenters. The molecule has 33 heavy (non-hydrogen) atoms. The summed E-state index contributed by atoms with van der Waals surface area (Å²) in [7, 11) is 0. The molecule has 0 bridgehead atoms. The fourth-order valence-corrected chi connectivity index (χ4v) is 4.23. The number of aryl methyl sites for hydroxylation is 1. The number of hydrogen-bond acceptors (Lipinski definition) is 6. The molecule has 7 heteroatoms. The number of nitrogens with one attached hydrogen (secondary N) is 1. The van der Waals surface area contributed by atoms with Gasteiger partial charge in [0, 0.05) is 46.9 Å². The van der Waals surface area contributed by atoms with Crippen LogP contribution in [0.3, 0.4) is 0 Å². The number of hydrogen-bond donors (Lipinski definition) is 2. The number of rotatable bonds is 7. The zero-order chi connectivity index (χ0) is 22.4. The minimum absolute atomic E-state index is 0.500. The van der Waals surface area contributed by atoms with E-state index in [9.17, 15) is 5.11 Å². The number of aromatic nitrogens is 5. The molecule has 6 rings (SSSR count). The van der Waals surface area contributed by atoms with Gasteiger partial charge in [0.1, 0.15) is 6.33 Å². The topological polar surface area (TPSA) is 88.8 Å².